The minimum absolute atomic E-state index is 0.169. The lowest BCUT2D eigenvalue weighted by Crippen LogP contribution is -2.16. The molecule has 0 saturated heterocycles. The summed E-state index contributed by atoms with van der Waals surface area (Å²) in [5.41, 5.74) is 15.2. The summed E-state index contributed by atoms with van der Waals surface area (Å²) in [5.74, 6) is -0.275. The van der Waals surface area contributed by atoms with Gasteiger partial charge in [0.25, 0.3) is 0 Å². The van der Waals surface area contributed by atoms with E-state index in [1.54, 1.807) is 12.1 Å². The molecule has 2 heterocycles. The Morgan fingerprint density at radius 1 is 0.424 bits per heavy atom. The fourth-order valence-corrected chi connectivity index (χ4v) is 9.76. The van der Waals surface area contributed by atoms with Crippen LogP contribution in [0.5, 0.6) is 0 Å². The lowest BCUT2D eigenvalue weighted by molar-refractivity contribution is 0.628. The Balaban J connectivity index is 1.000. The van der Waals surface area contributed by atoms with E-state index < -0.39 is 0 Å². The van der Waals surface area contributed by atoms with Crippen LogP contribution in [0.4, 0.5) is 21.5 Å². The van der Waals surface area contributed by atoms with Crippen molar-refractivity contribution in [3.8, 4) is 33.4 Å². The molecular formula is C55H36FNO2. The average Bonchev–Trinajstić information content (AvgIpc) is 3.92. The van der Waals surface area contributed by atoms with Crippen LogP contribution >= 0.6 is 0 Å². The van der Waals surface area contributed by atoms with Gasteiger partial charge in [-0.05, 0) is 93.4 Å². The van der Waals surface area contributed by atoms with Crippen molar-refractivity contribution in [2.75, 3.05) is 4.90 Å². The fraction of sp³-hybridized carbons (Fsp3) is 0.0545. The van der Waals surface area contributed by atoms with Gasteiger partial charge in [-0.25, -0.2) is 4.39 Å². The molecule has 0 saturated carbocycles. The van der Waals surface area contributed by atoms with Crippen LogP contribution in [0.1, 0.15) is 25.0 Å². The molecule has 0 aliphatic heterocycles. The number of benzene rings is 9. The summed E-state index contributed by atoms with van der Waals surface area (Å²) in [6, 6.07) is 62.5. The molecule has 1 aliphatic rings. The minimum atomic E-state index is -0.275. The Kier molecular flexibility index (Phi) is 7.16. The van der Waals surface area contributed by atoms with Crippen LogP contribution in [0.15, 0.2) is 191 Å². The van der Waals surface area contributed by atoms with E-state index in [9.17, 15) is 4.39 Å². The summed E-state index contributed by atoms with van der Waals surface area (Å²) in [6.45, 7) is 4.57. The topological polar surface area (TPSA) is 29.5 Å². The first-order chi connectivity index (χ1) is 28.9. The standard InChI is InChI=1S/C55H36FNO2/c1-55(2)47-21-5-3-14-40(47)41-29-28-38(32-48(41)55)57(37-13-8-12-35(56)31-37)36-26-23-33(24-27-36)39-16-7-11-34-25-30-50-52(51(34)39)46-20-10-19-45(54(46)59-50)44-18-9-17-43-42-15-4-6-22-49(42)58-53(43)44/h3-32H,1-2H3. The van der Waals surface area contributed by atoms with E-state index in [1.807, 2.05) is 18.2 Å². The molecule has 0 radical (unpaired) electrons. The van der Waals surface area contributed by atoms with Crippen molar-refractivity contribution >= 4 is 71.7 Å². The van der Waals surface area contributed by atoms with Crippen LogP contribution in [0.2, 0.25) is 0 Å². The number of furan rings is 2. The van der Waals surface area contributed by atoms with Crippen LogP contribution in [0.3, 0.4) is 0 Å². The summed E-state index contributed by atoms with van der Waals surface area (Å²) in [5, 5.41) is 6.60. The third kappa shape index (κ3) is 4.99. The van der Waals surface area contributed by atoms with Gasteiger partial charge in [-0.2, -0.15) is 0 Å². The molecule has 280 valence electrons. The number of hydrogen-bond acceptors (Lipinski definition) is 3. The summed E-state index contributed by atoms with van der Waals surface area (Å²) >= 11 is 0. The van der Waals surface area contributed by atoms with Gasteiger partial charge in [-0.1, -0.05) is 141 Å². The molecule has 11 aromatic rings. The van der Waals surface area contributed by atoms with Crippen molar-refractivity contribution in [1.82, 2.24) is 0 Å². The Hall–Kier alpha value is -7.43. The zero-order chi connectivity index (χ0) is 39.4. The smallest absolute Gasteiger partial charge is 0.143 e. The van der Waals surface area contributed by atoms with Crippen molar-refractivity contribution in [3.63, 3.8) is 0 Å². The summed E-state index contributed by atoms with van der Waals surface area (Å²) in [7, 11) is 0. The molecule has 0 amide bonds. The number of hydrogen-bond donors (Lipinski definition) is 0. The maximum Gasteiger partial charge on any atom is 0.143 e. The van der Waals surface area contributed by atoms with Gasteiger partial charge in [0.15, 0.2) is 0 Å². The molecule has 0 N–H and O–H groups in total. The Labute approximate surface area is 340 Å². The Bertz CT molecular complexity index is 3500. The first-order valence-corrected chi connectivity index (χ1v) is 20.1. The van der Waals surface area contributed by atoms with E-state index in [-0.39, 0.29) is 11.2 Å². The van der Waals surface area contributed by atoms with Crippen LogP contribution in [0.25, 0.3) is 88.0 Å². The maximum absolute atomic E-state index is 14.9. The van der Waals surface area contributed by atoms with Gasteiger partial charge in [0.05, 0.1) is 0 Å². The molecular weight excluding hydrogens is 726 g/mol. The van der Waals surface area contributed by atoms with Gasteiger partial charge in [-0.15, -0.1) is 0 Å². The molecule has 0 unspecified atom stereocenters. The SMILES string of the molecule is CC1(C)c2ccccc2-c2ccc(N(c3ccc(-c4cccc5ccc6oc7c(-c8cccc9c8oc8ccccc89)cccc7c6c45)cc3)c3cccc(F)c3)cc21. The van der Waals surface area contributed by atoms with Crippen LogP contribution in [-0.4, -0.2) is 0 Å². The fourth-order valence-electron chi connectivity index (χ4n) is 9.76. The average molecular weight is 762 g/mol. The molecule has 0 spiro atoms. The van der Waals surface area contributed by atoms with Crippen molar-refractivity contribution in [3.05, 3.63) is 199 Å². The van der Waals surface area contributed by atoms with Crippen LogP contribution in [0, 0.1) is 5.82 Å². The Morgan fingerprint density at radius 2 is 1.05 bits per heavy atom. The predicted molar refractivity (Wildman–Crippen MR) is 242 cm³/mol. The monoisotopic (exact) mass is 761 g/mol. The van der Waals surface area contributed by atoms with Gasteiger partial charge < -0.3 is 13.7 Å². The summed E-state index contributed by atoms with van der Waals surface area (Å²) < 4.78 is 28.2. The highest BCUT2D eigenvalue weighted by Crippen LogP contribution is 2.51. The first kappa shape index (κ1) is 33.7. The molecule has 1 aliphatic carbocycles. The van der Waals surface area contributed by atoms with Crippen LogP contribution < -0.4 is 4.90 Å². The number of halogens is 1. The van der Waals surface area contributed by atoms with E-state index in [0.29, 0.717) is 0 Å². The Morgan fingerprint density at radius 3 is 1.90 bits per heavy atom. The molecule has 9 aromatic carbocycles. The van der Waals surface area contributed by atoms with Gasteiger partial charge in [0.1, 0.15) is 28.1 Å². The number of nitrogens with zero attached hydrogens (tertiary/aromatic N) is 1. The van der Waals surface area contributed by atoms with Gasteiger partial charge >= 0.3 is 0 Å². The highest BCUT2D eigenvalue weighted by molar-refractivity contribution is 6.25. The van der Waals surface area contributed by atoms with Crippen molar-refractivity contribution in [2.45, 2.75) is 19.3 Å². The van der Waals surface area contributed by atoms with E-state index >= 15 is 0 Å². The predicted octanol–water partition coefficient (Wildman–Crippen LogP) is 15.9. The number of anilines is 3. The highest BCUT2D eigenvalue weighted by atomic mass is 19.1. The second kappa shape index (κ2) is 12.5. The quantitative estimate of drug-likeness (QED) is 0.175. The third-order valence-corrected chi connectivity index (χ3v) is 12.5. The van der Waals surface area contributed by atoms with E-state index in [2.05, 4.69) is 164 Å². The molecule has 0 atom stereocenters. The zero-order valence-corrected chi connectivity index (χ0v) is 32.5. The van der Waals surface area contributed by atoms with Crippen molar-refractivity contribution in [1.29, 1.82) is 0 Å². The van der Waals surface area contributed by atoms with Crippen LogP contribution in [-0.2, 0) is 5.41 Å². The maximum atomic E-state index is 14.9. The minimum Gasteiger partial charge on any atom is -0.455 e. The van der Waals surface area contributed by atoms with E-state index in [1.165, 1.54) is 28.3 Å². The molecule has 4 heteroatoms. The van der Waals surface area contributed by atoms with Gasteiger partial charge in [0, 0.05) is 60.5 Å². The van der Waals surface area contributed by atoms with Crippen molar-refractivity contribution in [2.24, 2.45) is 0 Å². The first-order valence-electron chi connectivity index (χ1n) is 20.1. The number of rotatable bonds is 5. The summed E-state index contributed by atoms with van der Waals surface area (Å²) in [4.78, 5) is 2.15. The van der Waals surface area contributed by atoms with E-state index in [0.717, 1.165) is 94.0 Å². The second-order valence-electron chi connectivity index (χ2n) is 16.2. The van der Waals surface area contributed by atoms with Gasteiger partial charge in [-0.3, -0.25) is 0 Å². The molecule has 59 heavy (non-hydrogen) atoms. The highest BCUT2D eigenvalue weighted by Gasteiger charge is 2.35. The molecule has 2 aromatic heterocycles. The third-order valence-electron chi connectivity index (χ3n) is 12.5. The number of fused-ring (bicyclic) bond motifs is 11. The van der Waals surface area contributed by atoms with Gasteiger partial charge in [0.2, 0.25) is 0 Å². The molecule has 3 nitrogen and oxygen atoms in total. The molecule has 12 rings (SSSR count). The normalized spacial score (nSPS) is 13.1. The molecule has 0 bridgehead atoms. The molecule has 0 fully saturated rings. The lowest BCUT2D eigenvalue weighted by Gasteiger charge is -2.28. The number of para-hydroxylation sites is 3. The summed E-state index contributed by atoms with van der Waals surface area (Å²) in [6.07, 6.45) is 0. The second-order valence-corrected chi connectivity index (χ2v) is 16.2. The lowest BCUT2D eigenvalue weighted by atomic mass is 9.82. The largest absolute Gasteiger partial charge is 0.455 e. The van der Waals surface area contributed by atoms with E-state index in [4.69, 9.17) is 8.83 Å². The zero-order valence-electron chi connectivity index (χ0n) is 32.5. The van der Waals surface area contributed by atoms with Crippen molar-refractivity contribution < 1.29 is 13.2 Å².